The lowest BCUT2D eigenvalue weighted by atomic mass is 10.0. The van der Waals surface area contributed by atoms with Gasteiger partial charge in [0.1, 0.15) is 13.2 Å². The number of allylic oxidation sites excluding steroid dienone is 8. The molecule has 0 rings (SSSR count). The van der Waals surface area contributed by atoms with Gasteiger partial charge in [0, 0.05) is 6.42 Å². The third kappa shape index (κ3) is 73.9. The molecule has 0 aromatic rings. The van der Waals surface area contributed by atoms with E-state index in [1.165, 1.54) is 321 Å². The van der Waals surface area contributed by atoms with Gasteiger partial charge in [-0.3, -0.25) is 9.36 Å². The molecule has 532 valence electrons. The van der Waals surface area contributed by atoms with Crippen LogP contribution in [0.1, 0.15) is 412 Å². The largest absolute Gasteiger partial charge is 0.756 e. The molecule has 0 aromatic heterocycles. The van der Waals surface area contributed by atoms with E-state index in [4.69, 9.17) is 9.05 Å². The van der Waals surface area contributed by atoms with E-state index < -0.39 is 20.0 Å². The molecule has 2 N–H and O–H groups in total. The Bertz CT molecular complexity index is 1610. The minimum absolute atomic E-state index is 0.0148. The molecule has 1 amide bonds. The maximum absolute atomic E-state index is 13.1. The van der Waals surface area contributed by atoms with Gasteiger partial charge in [0.2, 0.25) is 5.91 Å². The van der Waals surface area contributed by atoms with Gasteiger partial charge in [0.25, 0.3) is 7.82 Å². The van der Waals surface area contributed by atoms with Gasteiger partial charge in [-0.05, 0) is 51.4 Å². The van der Waals surface area contributed by atoms with Crippen LogP contribution in [0.25, 0.3) is 0 Å². The summed E-state index contributed by atoms with van der Waals surface area (Å²) in [5.41, 5.74) is 0. The molecule has 0 bridgehead atoms. The van der Waals surface area contributed by atoms with Gasteiger partial charge < -0.3 is 28.8 Å². The molecule has 3 unspecified atom stereocenters. The van der Waals surface area contributed by atoms with E-state index in [9.17, 15) is 19.4 Å². The van der Waals surface area contributed by atoms with E-state index in [1.54, 1.807) is 0 Å². The lowest BCUT2D eigenvalue weighted by Crippen LogP contribution is -2.46. The van der Waals surface area contributed by atoms with Crippen molar-refractivity contribution >= 4 is 13.7 Å². The summed E-state index contributed by atoms with van der Waals surface area (Å²) < 4.78 is 23.6. The number of carbonyl (C=O) groups is 1. The summed E-state index contributed by atoms with van der Waals surface area (Å²) in [6, 6.07) is -0.801. The second-order valence-corrected chi connectivity index (χ2v) is 30.2. The van der Waals surface area contributed by atoms with Gasteiger partial charge in [0.05, 0.1) is 39.9 Å². The number of phosphoric acid groups is 1. The number of unbranched alkanes of at least 4 members (excludes halogenated alkanes) is 54. The average molecular weight is 1290 g/mol. The molecule has 9 heteroatoms. The number of nitrogens with zero attached hydrogens (tertiary/aromatic N) is 1. The minimum atomic E-state index is -4.58. The number of rotatable bonds is 75. The molecule has 0 radical (unpaired) electrons. The molecule has 0 saturated heterocycles. The molecule has 0 aliphatic carbocycles. The molecule has 0 aromatic carbocycles. The summed E-state index contributed by atoms with van der Waals surface area (Å²) in [6.45, 7) is 4.68. The zero-order valence-corrected chi connectivity index (χ0v) is 62.0. The summed E-state index contributed by atoms with van der Waals surface area (Å²) in [4.78, 5) is 25.7. The Labute approximate surface area is 562 Å². The van der Waals surface area contributed by atoms with Crippen molar-refractivity contribution < 1.29 is 32.9 Å². The van der Waals surface area contributed by atoms with E-state index in [1.807, 2.05) is 21.1 Å². The first kappa shape index (κ1) is 88.5. The summed E-state index contributed by atoms with van der Waals surface area (Å²) >= 11 is 0. The molecule has 0 aliphatic heterocycles. The van der Waals surface area contributed by atoms with Crippen LogP contribution in [0.3, 0.4) is 0 Å². The lowest BCUT2D eigenvalue weighted by Gasteiger charge is -2.30. The third-order valence-electron chi connectivity index (χ3n) is 18.6. The first-order chi connectivity index (χ1) is 44.0. The Morgan fingerprint density at radius 3 is 0.989 bits per heavy atom. The third-order valence-corrected chi connectivity index (χ3v) is 19.5. The van der Waals surface area contributed by atoms with E-state index >= 15 is 0 Å². The van der Waals surface area contributed by atoms with Crippen molar-refractivity contribution in [1.29, 1.82) is 0 Å². The normalized spacial score (nSPS) is 13.7. The number of nitrogens with one attached hydrogen (secondary N) is 1. The van der Waals surface area contributed by atoms with Crippen LogP contribution in [0.5, 0.6) is 0 Å². The molecule has 0 saturated carbocycles. The zero-order chi connectivity index (χ0) is 65.5. The van der Waals surface area contributed by atoms with Gasteiger partial charge in [-0.25, -0.2) is 0 Å². The highest BCUT2D eigenvalue weighted by Gasteiger charge is 2.24. The van der Waals surface area contributed by atoms with Gasteiger partial charge in [-0.2, -0.15) is 0 Å². The Balaban J connectivity index is 3.89. The Kier molecular flexibility index (Phi) is 70.5. The van der Waals surface area contributed by atoms with Crippen LogP contribution in [0.15, 0.2) is 48.6 Å². The van der Waals surface area contributed by atoms with Crippen molar-refractivity contribution in [2.75, 3.05) is 40.9 Å². The number of phosphoric ester groups is 1. The summed E-state index contributed by atoms with van der Waals surface area (Å²) in [7, 11) is 1.33. The number of hydrogen-bond acceptors (Lipinski definition) is 6. The number of hydrogen-bond donors (Lipinski definition) is 2. The smallest absolute Gasteiger partial charge is 0.268 e. The van der Waals surface area contributed by atoms with Crippen molar-refractivity contribution in [3.63, 3.8) is 0 Å². The van der Waals surface area contributed by atoms with Crippen LogP contribution in [0.4, 0.5) is 0 Å². The summed E-state index contributed by atoms with van der Waals surface area (Å²) in [5, 5.41) is 14.1. The molecule has 0 fully saturated rings. The van der Waals surface area contributed by atoms with Crippen molar-refractivity contribution in [2.45, 2.75) is 424 Å². The van der Waals surface area contributed by atoms with Crippen LogP contribution in [-0.2, 0) is 18.4 Å². The highest BCUT2D eigenvalue weighted by atomic mass is 31.2. The van der Waals surface area contributed by atoms with Crippen molar-refractivity contribution in [2.24, 2.45) is 0 Å². The van der Waals surface area contributed by atoms with Crippen molar-refractivity contribution in [3.05, 3.63) is 48.6 Å². The lowest BCUT2D eigenvalue weighted by molar-refractivity contribution is -0.870. The number of aliphatic hydroxyl groups is 1. The van der Waals surface area contributed by atoms with Gasteiger partial charge in [-0.1, -0.05) is 403 Å². The second-order valence-electron chi connectivity index (χ2n) is 28.8. The molecule has 3 atom stereocenters. The monoisotopic (exact) mass is 1290 g/mol. The Hall–Kier alpha value is -1.54. The van der Waals surface area contributed by atoms with Crippen LogP contribution in [0.2, 0.25) is 0 Å². The van der Waals surface area contributed by atoms with Crippen LogP contribution in [-0.4, -0.2) is 68.5 Å². The molecular formula is C81H157N2O6P. The maximum Gasteiger partial charge on any atom is 0.268 e. The van der Waals surface area contributed by atoms with Crippen molar-refractivity contribution in [3.8, 4) is 0 Å². The van der Waals surface area contributed by atoms with Crippen molar-refractivity contribution in [1.82, 2.24) is 5.32 Å². The predicted octanol–water partition coefficient (Wildman–Crippen LogP) is 25.5. The first-order valence-electron chi connectivity index (χ1n) is 40.0. The highest BCUT2D eigenvalue weighted by Crippen LogP contribution is 2.38. The number of carbonyl (C=O) groups excluding carboxylic acids is 1. The zero-order valence-electron chi connectivity index (χ0n) is 61.1. The van der Waals surface area contributed by atoms with Gasteiger partial charge >= 0.3 is 0 Å². The Morgan fingerprint density at radius 1 is 0.400 bits per heavy atom. The Morgan fingerprint density at radius 2 is 0.678 bits per heavy atom. The number of likely N-dealkylation sites (N-methyl/N-ethyl adjacent to an activating group) is 1. The topological polar surface area (TPSA) is 108 Å². The fourth-order valence-corrected chi connectivity index (χ4v) is 13.2. The molecule has 0 spiro atoms. The molecule has 8 nitrogen and oxygen atoms in total. The minimum Gasteiger partial charge on any atom is -0.756 e. The summed E-state index contributed by atoms with van der Waals surface area (Å²) in [5.74, 6) is -0.155. The number of quaternary nitrogens is 1. The second kappa shape index (κ2) is 71.7. The van der Waals surface area contributed by atoms with E-state index in [-0.39, 0.29) is 19.1 Å². The quantitative estimate of drug-likeness (QED) is 0.0272. The maximum atomic E-state index is 13.1. The average Bonchev–Trinajstić information content (AvgIpc) is 3.72. The van der Waals surface area contributed by atoms with Crippen LogP contribution in [0, 0.1) is 0 Å². The standard InChI is InChI=1S/C81H157N2O6P/c1-6-8-10-12-14-16-18-20-22-24-26-28-30-32-34-36-37-38-39-40-41-42-43-44-45-47-49-51-53-55-57-59-61-63-65-67-69-71-73-75-81(85)82-79(78-89-90(86,87)88-77-76-83(3,4)5)80(84)74-72-70-68-66-64-62-60-58-56-54-52-50-48-46-35-33-31-29-27-25-23-21-19-17-15-13-11-9-7-2/h8,10,14,16,20,22,26,28,79-80,84H,6-7,9,11-13,15,17-19,21,23-25,27,29-78H2,1-5H3,(H-,82,85,86,87)/b10-8-,16-14-,22-20-,28-26-. The molecule has 0 heterocycles. The van der Waals surface area contributed by atoms with Gasteiger partial charge in [-0.15, -0.1) is 0 Å². The van der Waals surface area contributed by atoms with E-state index in [0.29, 0.717) is 23.9 Å². The molecule has 90 heavy (non-hydrogen) atoms. The van der Waals surface area contributed by atoms with Gasteiger partial charge in [0.15, 0.2) is 0 Å². The molecule has 0 aliphatic rings. The number of aliphatic hydroxyl groups excluding tert-OH is 1. The first-order valence-corrected chi connectivity index (χ1v) is 41.4. The fraction of sp³-hybridized carbons (Fsp3) is 0.889. The predicted molar refractivity (Wildman–Crippen MR) is 395 cm³/mol. The van der Waals surface area contributed by atoms with Crippen LogP contribution < -0.4 is 10.2 Å². The van der Waals surface area contributed by atoms with E-state index in [2.05, 4.69) is 67.8 Å². The summed E-state index contributed by atoms with van der Waals surface area (Å²) in [6.07, 6.45) is 98.1. The SMILES string of the molecule is CC/C=C\C/C=C\C/C=C\C/C=C\CCCCCCCCCCCCCCCCCCCCCCCCCCCCC(=O)NC(COP(=O)([O-])OCC[N+](C)(C)C)C(O)CCCCCCCCCCCCCCCCCCCCCCCCCCCCCCC. The van der Waals surface area contributed by atoms with E-state index in [0.717, 1.165) is 64.2 Å². The molecular weight excluding hydrogens is 1130 g/mol. The highest BCUT2D eigenvalue weighted by molar-refractivity contribution is 7.45. The number of amides is 1. The fourth-order valence-electron chi connectivity index (χ4n) is 12.5. The van der Waals surface area contributed by atoms with Crippen LogP contribution >= 0.6 is 7.82 Å².